The van der Waals surface area contributed by atoms with Gasteiger partial charge >= 0.3 is 11.9 Å². The highest BCUT2D eigenvalue weighted by molar-refractivity contribution is 5.71. The fourth-order valence-corrected chi connectivity index (χ4v) is 0.309. The normalized spacial score (nSPS) is 9.36. The van der Waals surface area contributed by atoms with Crippen molar-refractivity contribution in [3.05, 3.63) is 0 Å². The smallest absolute Gasteiger partial charge is 0.308 e. The molecule has 14 heavy (non-hydrogen) atoms. The number of carboxylic acids is 1. The van der Waals surface area contributed by atoms with Gasteiger partial charge in [-0.2, -0.15) is 0 Å². The maximum atomic E-state index is 10.5. The molecule has 0 saturated heterocycles. The summed E-state index contributed by atoms with van der Waals surface area (Å²) in [6, 6.07) is 0. The highest BCUT2D eigenvalue weighted by Crippen LogP contribution is 1.93. The maximum Gasteiger partial charge on any atom is 0.308 e. The standard InChI is InChI=1S/C6H12O2.C4H8O2/c1-4-8-6(7)5(2)3;1-3(2)4(5)6/h5H,4H2,1-3H3;3H,1-2H3,(H,5,6). The Morgan fingerprint density at radius 2 is 1.50 bits per heavy atom. The van der Waals surface area contributed by atoms with Crippen LogP contribution < -0.4 is 0 Å². The Kier molecular flexibility index (Phi) is 9.40. The molecule has 1 N–H and O–H groups in total. The van der Waals surface area contributed by atoms with Gasteiger partial charge in [0, 0.05) is 0 Å². The van der Waals surface area contributed by atoms with E-state index in [2.05, 4.69) is 4.74 Å². The van der Waals surface area contributed by atoms with Gasteiger partial charge in [-0.3, -0.25) is 9.59 Å². The molecule has 0 rings (SSSR count). The molecule has 0 unspecified atom stereocenters. The van der Waals surface area contributed by atoms with Crippen molar-refractivity contribution in [3.63, 3.8) is 0 Å². The van der Waals surface area contributed by atoms with E-state index in [1.165, 1.54) is 0 Å². The van der Waals surface area contributed by atoms with E-state index in [1.54, 1.807) is 20.8 Å². The summed E-state index contributed by atoms with van der Waals surface area (Å²) in [4.78, 5) is 20.2. The lowest BCUT2D eigenvalue weighted by atomic mass is 10.2. The first-order valence-corrected chi connectivity index (χ1v) is 4.72. The summed E-state index contributed by atoms with van der Waals surface area (Å²) in [5, 5.41) is 7.99. The lowest BCUT2D eigenvalue weighted by molar-refractivity contribution is -0.146. The fourth-order valence-electron chi connectivity index (χ4n) is 0.309. The van der Waals surface area contributed by atoms with Gasteiger partial charge < -0.3 is 9.84 Å². The molecular formula is C10H20O4. The minimum Gasteiger partial charge on any atom is -0.481 e. The topological polar surface area (TPSA) is 63.6 Å². The quantitative estimate of drug-likeness (QED) is 0.713. The third-order valence-corrected chi connectivity index (χ3v) is 1.25. The van der Waals surface area contributed by atoms with Crippen molar-refractivity contribution in [1.82, 2.24) is 0 Å². The van der Waals surface area contributed by atoms with E-state index < -0.39 is 5.97 Å². The van der Waals surface area contributed by atoms with Crippen LogP contribution >= 0.6 is 0 Å². The predicted molar refractivity (Wildman–Crippen MR) is 53.9 cm³/mol. The Labute approximate surface area is 85.3 Å². The molecule has 0 aromatic rings. The summed E-state index contributed by atoms with van der Waals surface area (Å²) in [5.41, 5.74) is 0. The number of carbonyl (C=O) groups is 2. The molecule has 0 heterocycles. The Bertz CT molecular complexity index is 173. The number of carbonyl (C=O) groups excluding carboxylic acids is 1. The molecule has 0 aliphatic carbocycles. The van der Waals surface area contributed by atoms with E-state index in [0.717, 1.165) is 0 Å². The van der Waals surface area contributed by atoms with Gasteiger partial charge in [-0.05, 0) is 6.92 Å². The fraction of sp³-hybridized carbons (Fsp3) is 0.800. The van der Waals surface area contributed by atoms with Gasteiger partial charge in [-0.15, -0.1) is 0 Å². The van der Waals surface area contributed by atoms with E-state index in [4.69, 9.17) is 5.11 Å². The summed E-state index contributed by atoms with van der Waals surface area (Å²) in [6.07, 6.45) is 0. The van der Waals surface area contributed by atoms with Crippen molar-refractivity contribution in [3.8, 4) is 0 Å². The van der Waals surface area contributed by atoms with Crippen LogP contribution in [0.1, 0.15) is 34.6 Å². The third-order valence-electron chi connectivity index (χ3n) is 1.25. The second-order valence-corrected chi connectivity index (χ2v) is 3.40. The highest BCUT2D eigenvalue weighted by Gasteiger charge is 2.04. The zero-order valence-electron chi connectivity index (χ0n) is 9.53. The van der Waals surface area contributed by atoms with Crippen LogP contribution in [0.15, 0.2) is 0 Å². The monoisotopic (exact) mass is 204 g/mol. The molecule has 0 spiro atoms. The number of hydrogen-bond acceptors (Lipinski definition) is 3. The van der Waals surface area contributed by atoms with Gasteiger partial charge in [-0.25, -0.2) is 0 Å². The van der Waals surface area contributed by atoms with E-state index >= 15 is 0 Å². The lowest BCUT2D eigenvalue weighted by Crippen LogP contribution is -2.10. The van der Waals surface area contributed by atoms with Gasteiger partial charge in [0.2, 0.25) is 0 Å². The van der Waals surface area contributed by atoms with E-state index in [-0.39, 0.29) is 17.8 Å². The largest absolute Gasteiger partial charge is 0.481 e. The lowest BCUT2D eigenvalue weighted by Gasteiger charge is -2.01. The molecule has 4 nitrogen and oxygen atoms in total. The Morgan fingerprint density at radius 3 is 1.57 bits per heavy atom. The van der Waals surface area contributed by atoms with E-state index in [0.29, 0.717) is 6.61 Å². The molecule has 0 saturated carbocycles. The number of aliphatic carboxylic acids is 1. The molecule has 84 valence electrons. The zero-order chi connectivity index (χ0) is 11.7. The number of ether oxygens (including phenoxy) is 1. The molecule has 0 aliphatic heterocycles. The molecule has 0 aliphatic rings. The first-order valence-electron chi connectivity index (χ1n) is 4.72. The van der Waals surface area contributed by atoms with Gasteiger partial charge in [-0.1, -0.05) is 27.7 Å². The molecule has 0 atom stereocenters. The average Bonchev–Trinajstić information content (AvgIpc) is 2.05. The summed E-state index contributed by atoms with van der Waals surface area (Å²) in [7, 11) is 0. The van der Waals surface area contributed by atoms with Gasteiger partial charge in [0.25, 0.3) is 0 Å². The van der Waals surface area contributed by atoms with Crippen molar-refractivity contribution in [2.45, 2.75) is 34.6 Å². The minimum atomic E-state index is -0.741. The second-order valence-electron chi connectivity index (χ2n) is 3.40. The van der Waals surface area contributed by atoms with Crippen LogP contribution in [-0.4, -0.2) is 23.7 Å². The molecule has 4 heteroatoms. The first-order chi connectivity index (χ1) is 6.32. The molecular weight excluding hydrogens is 184 g/mol. The summed E-state index contributed by atoms with van der Waals surface area (Å²) in [5.74, 6) is -1.08. The zero-order valence-corrected chi connectivity index (χ0v) is 9.53. The van der Waals surface area contributed by atoms with E-state index in [1.807, 2.05) is 13.8 Å². The van der Waals surface area contributed by atoms with Crippen LogP contribution in [0.4, 0.5) is 0 Å². The molecule has 0 aromatic heterocycles. The van der Waals surface area contributed by atoms with Crippen LogP contribution in [0.25, 0.3) is 0 Å². The van der Waals surface area contributed by atoms with Crippen molar-refractivity contribution >= 4 is 11.9 Å². The maximum absolute atomic E-state index is 10.5. The van der Waals surface area contributed by atoms with Crippen molar-refractivity contribution < 1.29 is 19.4 Å². The number of rotatable bonds is 3. The Balaban J connectivity index is 0. The average molecular weight is 204 g/mol. The van der Waals surface area contributed by atoms with Crippen LogP contribution in [0.2, 0.25) is 0 Å². The van der Waals surface area contributed by atoms with Crippen LogP contribution in [-0.2, 0) is 14.3 Å². The first kappa shape index (κ1) is 15.4. The number of hydrogen-bond donors (Lipinski definition) is 1. The van der Waals surface area contributed by atoms with Gasteiger partial charge in [0.1, 0.15) is 0 Å². The number of esters is 1. The van der Waals surface area contributed by atoms with Gasteiger partial charge in [0.15, 0.2) is 0 Å². The summed E-state index contributed by atoms with van der Waals surface area (Å²) < 4.78 is 4.66. The highest BCUT2D eigenvalue weighted by atomic mass is 16.5. The van der Waals surface area contributed by atoms with Crippen LogP contribution in [0.3, 0.4) is 0 Å². The molecule has 0 radical (unpaired) electrons. The Hall–Kier alpha value is -1.06. The molecule has 0 bridgehead atoms. The SMILES string of the molecule is CC(C)C(=O)O.CCOC(=O)C(C)C. The van der Waals surface area contributed by atoms with E-state index in [9.17, 15) is 9.59 Å². The summed E-state index contributed by atoms with van der Waals surface area (Å²) in [6.45, 7) is 9.21. The molecule has 0 amide bonds. The Morgan fingerprint density at radius 1 is 1.14 bits per heavy atom. The predicted octanol–water partition coefficient (Wildman–Crippen LogP) is 1.93. The number of carboxylic acid groups (broad SMARTS) is 1. The van der Waals surface area contributed by atoms with Crippen molar-refractivity contribution in [1.29, 1.82) is 0 Å². The second kappa shape index (κ2) is 8.53. The van der Waals surface area contributed by atoms with Gasteiger partial charge in [0.05, 0.1) is 18.4 Å². The minimum absolute atomic E-state index is 0.00921. The van der Waals surface area contributed by atoms with Crippen LogP contribution in [0.5, 0.6) is 0 Å². The van der Waals surface area contributed by atoms with Crippen molar-refractivity contribution in [2.75, 3.05) is 6.61 Å². The van der Waals surface area contributed by atoms with Crippen molar-refractivity contribution in [2.24, 2.45) is 11.8 Å². The third kappa shape index (κ3) is 10.9. The molecule has 0 aromatic carbocycles. The summed E-state index contributed by atoms with van der Waals surface area (Å²) >= 11 is 0. The van der Waals surface area contributed by atoms with Crippen LogP contribution in [0, 0.1) is 11.8 Å². The molecule has 0 fully saturated rings.